The molecule has 0 bridgehead atoms. The van der Waals surface area contributed by atoms with Crippen molar-refractivity contribution in [1.29, 1.82) is 0 Å². The van der Waals surface area contributed by atoms with Gasteiger partial charge in [-0.25, -0.2) is 0 Å². The number of benzene rings is 1. The van der Waals surface area contributed by atoms with Crippen LogP contribution in [0.25, 0.3) is 0 Å². The minimum Gasteiger partial charge on any atom is -0.490 e. The number of hydrogen-bond donors (Lipinski definition) is 2. The molecule has 108 valence electrons. The van der Waals surface area contributed by atoms with Gasteiger partial charge in [0.1, 0.15) is 0 Å². The highest BCUT2D eigenvalue weighted by Crippen LogP contribution is 2.29. The molecule has 1 aromatic rings. The molecule has 19 heavy (non-hydrogen) atoms. The molecular formula is C15H25NO3. The third-order valence-corrected chi connectivity index (χ3v) is 2.44. The summed E-state index contributed by atoms with van der Waals surface area (Å²) in [6.45, 7) is 9.59. The van der Waals surface area contributed by atoms with Crippen LogP contribution in [0.2, 0.25) is 0 Å². The molecule has 0 aliphatic carbocycles. The summed E-state index contributed by atoms with van der Waals surface area (Å²) in [5.74, 6) is 1.55. The van der Waals surface area contributed by atoms with E-state index in [9.17, 15) is 5.11 Å². The first-order valence-corrected chi connectivity index (χ1v) is 6.84. The lowest BCUT2D eigenvalue weighted by Crippen LogP contribution is -2.23. The normalized spacial score (nSPS) is 12.5. The van der Waals surface area contributed by atoms with Gasteiger partial charge in [-0.3, -0.25) is 0 Å². The van der Waals surface area contributed by atoms with Gasteiger partial charge in [0.25, 0.3) is 0 Å². The fraction of sp³-hybridized carbons (Fsp3) is 0.600. The Bertz CT molecular complexity index is 378. The van der Waals surface area contributed by atoms with Crippen molar-refractivity contribution in [3.8, 4) is 11.5 Å². The fourth-order valence-corrected chi connectivity index (χ4v) is 1.71. The van der Waals surface area contributed by atoms with Gasteiger partial charge in [0.15, 0.2) is 11.5 Å². The first-order chi connectivity index (χ1) is 9.02. The highest BCUT2D eigenvalue weighted by Gasteiger charge is 2.08. The van der Waals surface area contributed by atoms with E-state index in [-0.39, 0.29) is 12.2 Å². The molecule has 0 fully saturated rings. The summed E-state index contributed by atoms with van der Waals surface area (Å²) >= 11 is 0. The Labute approximate surface area is 115 Å². The molecule has 0 unspecified atom stereocenters. The zero-order valence-corrected chi connectivity index (χ0v) is 12.3. The van der Waals surface area contributed by atoms with Gasteiger partial charge in [0, 0.05) is 13.1 Å². The summed E-state index contributed by atoms with van der Waals surface area (Å²) in [5.41, 5.74) is 1.11. The minimum absolute atomic E-state index is 0.124. The van der Waals surface area contributed by atoms with E-state index >= 15 is 0 Å². The van der Waals surface area contributed by atoms with Crippen molar-refractivity contribution < 1.29 is 14.6 Å². The molecule has 0 spiro atoms. The van der Waals surface area contributed by atoms with Gasteiger partial charge in [0.2, 0.25) is 0 Å². The molecular weight excluding hydrogens is 242 g/mol. The third kappa shape index (κ3) is 5.94. The van der Waals surface area contributed by atoms with Gasteiger partial charge in [0.05, 0.1) is 18.8 Å². The van der Waals surface area contributed by atoms with Crippen molar-refractivity contribution in [3.05, 3.63) is 23.8 Å². The molecule has 0 heterocycles. The largest absolute Gasteiger partial charge is 0.490 e. The lowest BCUT2D eigenvalue weighted by molar-refractivity contribution is 0.191. The van der Waals surface area contributed by atoms with Crippen LogP contribution < -0.4 is 14.8 Å². The maximum Gasteiger partial charge on any atom is 0.161 e. The van der Waals surface area contributed by atoms with E-state index in [1.54, 1.807) is 6.92 Å². The van der Waals surface area contributed by atoms with Crippen molar-refractivity contribution in [2.24, 2.45) is 0 Å². The predicted molar refractivity (Wildman–Crippen MR) is 76.8 cm³/mol. The molecule has 1 atom stereocenters. The molecule has 0 aliphatic rings. The average Bonchev–Trinajstić information content (AvgIpc) is 2.31. The molecule has 2 N–H and O–H groups in total. The van der Waals surface area contributed by atoms with Crippen LogP contribution >= 0.6 is 0 Å². The Morgan fingerprint density at radius 2 is 1.95 bits per heavy atom. The Morgan fingerprint density at radius 3 is 2.53 bits per heavy atom. The molecule has 0 saturated heterocycles. The molecule has 0 saturated carbocycles. The SMILES string of the molecule is CCOc1cc(CNC[C@@H](C)O)ccc1OC(C)C. The van der Waals surface area contributed by atoms with E-state index in [1.165, 1.54) is 0 Å². The van der Waals surface area contributed by atoms with Gasteiger partial charge in [-0.2, -0.15) is 0 Å². The van der Waals surface area contributed by atoms with Crippen LogP contribution in [0.4, 0.5) is 0 Å². The monoisotopic (exact) mass is 267 g/mol. The quantitative estimate of drug-likeness (QED) is 0.759. The second-order valence-electron chi connectivity index (χ2n) is 4.86. The summed E-state index contributed by atoms with van der Waals surface area (Å²) in [6.07, 6.45) is -0.215. The lowest BCUT2D eigenvalue weighted by atomic mass is 10.2. The van der Waals surface area contributed by atoms with Gasteiger partial charge in [-0.1, -0.05) is 6.07 Å². The first-order valence-electron chi connectivity index (χ1n) is 6.84. The van der Waals surface area contributed by atoms with Gasteiger partial charge in [-0.05, 0) is 45.4 Å². The molecule has 0 aromatic heterocycles. The number of nitrogens with one attached hydrogen (secondary N) is 1. The third-order valence-electron chi connectivity index (χ3n) is 2.44. The summed E-state index contributed by atoms with van der Waals surface area (Å²) in [4.78, 5) is 0. The van der Waals surface area contributed by atoms with Crippen molar-refractivity contribution in [2.75, 3.05) is 13.2 Å². The van der Waals surface area contributed by atoms with Gasteiger partial charge >= 0.3 is 0 Å². The fourth-order valence-electron chi connectivity index (χ4n) is 1.71. The molecule has 0 radical (unpaired) electrons. The molecule has 0 amide bonds. The Morgan fingerprint density at radius 1 is 1.21 bits per heavy atom. The zero-order chi connectivity index (χ0) is 14.3. The van der Waals surface area contributed by atoms with Crippen LogP contribution in [0.1, 0.15) is 33.3 Å². The highest BCUT2D eigenvalue weighted by molar-refractivity contribution is 5.43. The second-order valence-corrected chi connectivity index (χ2v) is 4.86. The van der Waals surface area contributed by atoms with E-state index in [1.807, 2.05) is 39.0 Å². The number of aliphatic hydroxyl groups is 1. The molecule has 4 nitrogen and oxygen atoms in total. The maximum absolute atomic E-state index is 9.21. The van der Waals surface area contributed by atoms with Crippen LogP contribution in [-0.4, -0.2) is 30.5 Å². The molecule has 0 aliphatic heterocycles. The number of rotatable bonds is 8. The molecule has 4 heteroatoms. The van der Waals surface area contributed by atoms with Crippen molar-refractivity contribution in [1.82, 2.24) is 5.32 Å². The van der Waals surface area contributed by atoms with Crippen LogP contribution in [0.15, 0.2) is 18.2 Å². The van der Waals surface area contributed by atoms with Gasteiger partial charge in [-0.15, -0.1) is 0 Å². The van der Waals surface area contributed by atoms with E-state index in [2.05, 4.69) is 5.32 Å². The van der Waals surface area contributed by atoms with Gasteiger partial charge < -0.3 is 19.9 Å². The summed E-state index contributed by atoms with van der Waals surface area (Å²) < 4.78 is 11.3. The first kappa shape index (κ1) is 15.8. The lowest BCUT2D eigenvalue weighted by Gasteiger charge is -2.16. The summed E-state index contributed by atoms with van der Waals surface area (Å²) in [7, 11) is 0. The van der Waals surface area contributed by atoms with E-state index in [0.717, 1.165) is 17.1 Å². The molecule has 1 aromatic carbocycles. The van der Waals surface area contributed by atoms with Crippen molar-refractivity contribution in [2.45, 2.75) is 46.4 Å². The van der Waals surface area contributed by atoms with E-state index < -0.39 is 0 Å². The highest BCUT2D eigenvalue weighted by atomic mass is 16.5. The zero-order valence-electron chi connectivity index (χ0n) is 12.3. The minimum atomic E-state index is -0.338. The van der Waals surface area contributed by atoms with Crippen LogP contribution in [0.5, 0.6) is 11.5 Å². The maximum atomic E-state index is 9.21. The smallest absolute Gasteiger partial charge is 0.161 e. The Balaban J connectivity index is 2.71. The number of ether oxygens (including phenoxy) is 2. The summed E-state index contributed by atoms with van der Waals surface area (Å²) in [6, 6.07) is 5.93. The molecule has 1 rings (SSSR count). The van der Waals surface area contributed by atoms with E-state index in [4.69, 9.17) is 9.47 Å². The van der Waals surface area contributed by atoms with Crippen LogP contribution in [0, 0.1) is 0 Å². The topological polar surface area (TPSA) is 50.7 Å². The Hall–Kier alpha value is -1.26. The van der Waals surface area contributed by atoms with Crippen molar-refractivity contribution >= 4 is 0 Å². The van der Waals surface area contributed by atoms with Crippen molar-refractivity contribution in [3.63, 3.8) is 0 Å². The standard InChI is InChI=1S/C15H25NO3/c1-5-18-15-8-13(10-16-9-12(4)17)6-7-14(15)19-11(2)3/h6-8,11-12,16-17H,5,9-10H2,1-4H3/t12-/m1/s1. The summed E-state index contributed by atoms with van der Waals surface area (Å²) in [5, 5.41) is 12.4. The van der Waals surface area contributed by atoms with Crippen LogP contribution in [0.3, 0.4) is 0 Å². The van der Waals surface area contributed by atoms with Crippen LogP contribution in [-0.2, 0) is 6.54 Å². The predicted octanol–water partition coefficient (Wildman–Crippen LogP) is 2.34. The average molecular weight is 267 g/mol. The van der Waals surface area contributed by atoms with E-state index in [0.29, 0.717) is 19.7 Å². The number of aliphatic hydroxyl groups excluding tert-OH is 1. The second kappa shape index (κ2) is 8.02. The number of hydrogen-bond acceptors (Lipinski definition) is 4. The Kier molecular flexibility index (Phi) is 6.67.